The van der Waals surface area contributed by atoms with Crippen molar-refractivity contribution in [3.8, 4) is 0 Å². The van der Waals surface area contributed by atoms with E-state index in [1.807, 2.05) is 32.3 Å². The number of hydrogen-bond acceptors (Lipinski definition) is 4. The number of carbonyl (C=O) groups excluding carboxylic acids is 1. The molecule has 0 unspecified atom stereocenters. The molecule has 4 rings (SSSR count). The Labute approximate surface area is 193 Å². The first-order chi connectivity index (χ1) is 15.4. The van der Waals surface area contributed by atoms with E-state index in [1.54, 1.807) is 6.07 Å². The summed E-state index contributed by atoms with van der Waals surface area (Å²) in [6, 6.07) is 14.9. The second-order valence-electron chi connectivity index (χ2n) is 8.61. The van der Waals surface area contributed by atoms with Gasteiger partial charge in [0, 0.05) is 48.3 Å². The van der Waals surface area contributed by atoms with E-state index >= 15 is 0 Å². The number of pyridine rings is 1. The predicted octanol–water partition coefficient (Wildman–Crippen LogP) is 5.18. The molecule has 0 spiro atoms. The van der Waals surface area contributed by atoms with Crippen molar-refractivity contribution in [1.82, 2.24) is 10.3 Å². The summed E-state index contributed by atoms with van der Waals surface area (Å²) >= 11 is 6.04. The molecule has 1 saturated carbocycles. The molecule has 1 heterocycles. The van der Waals surface area contributed by atoms with Crippen LogP contribution in [0.5, 0.6) is 0 Å². The Kier molecular flexibility index (Phi) is 6.80. The fourth-order valence-corrected chi connectivity index (χ4v) is 4.54. The minimum absolute atomic E-state index is 0.0817. The molecule has 1 aromatic heterocycles. The third-order valence-corrected chi connectivity index (χ3v) is 6.34. The number of anilines is 2. The van der Waals surface area contributed by atoms with Crippen LogP contribution >= 0.6 is 11.6 Å². The number of aromatic nitrogens is 1. The molecule has 0 aliphatic heterocycles. The van der Waals surface area contributed by atoms with Gasteiger partial charge in [0.2, 0.25) is 5.91 Å². The van der Waals surface area contributed by atoms with Crippen LogP contribution < -0.4 is 15.5 Å². The Hall–Kier alpha value is -2.86. The summed E-state index contributed by atoms with van der Waals surface area (Å²) in [5.41, 5.74) is 2.75. The molecule has 1 amide bonds. The largest absolute Gasteiger partial charge is 0.377 e. The van der Waals surface area contributed by atoms with E-state index in [0.29, 0.717) is 11.6 Å². The second-order valence-corrected chi connectivity index (χ2v) is 9.02. The van der Waals surface area contributed by atoms with Crippen LogP contribution in [0.2, 0.25) is 5.02 Å². The van der Waals surface area contributed by atoms with Crippen molar-refractivity contribution < 1.29 is 9.18 Å². The summed E-state index contributed by atoms with van der Waals surface area (Å²) in [7, 11) is 4.08. The number of halogens is 2. The molecule has 0 radical (unpaired) electrons. The maximum atomic E-state index is 13.2. The maximum Gasteiger partial charge on any atom is 0.224 e. The topological polar surface area (TPSA) is 57.3 Å². The molecule has 7 heteroatoms. The molecule has 1 aliphatic carbocycles. The van der Waals surface area contributed by atoms with Gasteiger partial charge < -0.3 is 15.5 Å². The van der Waals surface area contributed by atoms with Crippen molar-refractivity contribution in [2.75, 3.05) is 24.3 Å². The summed E-state index contributed by atoms with van der Waals surface area (Å²) in [5.74, 6) is 0.399. The number of rotatable bonds is 6. The number of hydrogen-bond donors (Lipinski definition) is 2. The SMILES string of the molecule is CN(C)c1cc(N[C@H]2CC[C@@H](NC(=O)Cc3ccc(F)cc3Cl)CC2)nc2ccccc12. The monoisotopic (exact) mass is 454 g/mol. The third kappa shape index (κ3) is 5.30. The van der Waals surface area contributed by atoms with Crippen molar-refractivity contribution in [3.05, 3.63) is 64.9 Å². The molecule has 2 N–H and O–H groups in total. The van der Waals surface area contributed by atoms with Gasteiger partial charge in [-0.05, 0) is 49.4 Å². The van der Waals surface area contributed by atoms with E-state index in [9.17, 15) is 9.18 Å². The number of amides is 1. The fourth-order valence-electron chi connectivity index (χ4n) is 4.31. The number of para-hydroxylation sites is 1. The van der Waals surface area contributed by atoms with Crippen LogP contribution in [0.4, 0.5) is 15.9 Å². The zero-order valence-corrected chi connectivity index (χ0v) is 19.1. The molecule has 32 heavy (non-hydrogen) atoms. The minimum atomic E-state index is -0.399. The van der Waals surface area contributed by atoms with Gasteiger partial charge in [0.1, 0.15) is 11.6 Å². The lowest BCUT2D eigenvalue weighted by Gasteiger charge is -2.30. The highest BCUT2D eigenvalue weighted by atomic mass is 35.5. The van der Waals surface area contributed by atoms with Crippen molar-refractivity contribution in [2.24, 2.45) is 0 Å². The van der Waals surface area contributed by atoms with Crippen molar-refractivity contribution in [3.63, 3.8) is 0 Å². The Bertz CT molecular complexity index is 1110. The highest BCUT2D eigenvalue weighted by Gasteiger charge is 2.23. The Morgan fingerprint density at radius 2 is 1.81 bits per heavy atom. The number of benzene rings is 2. The molecule has 2 aromatic carbocycles. The molecule has 1 fully saturated rings. The molecule has 5 nitrogen and oxygen atoms in total. The van der Waals surface area contributed by atoms with Crippen LogP contribution in [0.3, 0.4) is 0 Å². The van der Waals surface area contributed by atoms with Gasteiger partial charge in [-0.3, -0.25) is 4.79 Å². The summed E-state index contributed by atoms with van der Waals surface area (Å²) in [5, 5.41) is 8.11. The van der Waals surface area contributed by atoms with Crippen LogP contribution in [-0.4, -0.2) is 37.1 Å². The van der Waals surface area contributed by atoms with E-state index in [4.69, 9.17) is 16.6 Å². The van der Waals surface area contributed by atoms with Gasteiger partial charge in [0.25, 0.3) is 0 Å². The van der Waals surface area contributed by atoms with Crippen LogP contribution in [0.25, 0.3) is 10.9 Å². The maximum absolute atomic E-state index is 13.2. The predicted molar refractivity (Wildman–Crippen MR) is 129 cm³/mol. The van der Waals surface area contributed by atoms with Crippen molar-refractivity contribution in [1.29, 1.82) is 0 Å². The molecular formula is C25H28ClFN4O. The number of nitrogens with one attached hydrogen (secondary N) is 2. The fraction of sp³-hybridized carbons (Fsp3) is 0.360. The molecule has 0 bridgehead atoms. The van der Waals surface area contributed by atoms with Crippen LogP contribution in [0.1, 0.15) is 31.2 Å². The van der Waals surface area contributed by atoms with E-state index in [1.165, 1.54) is 12.1 Å². The smallest absolute Gasteiger partial charge is 0.224 e. The van der Waals surface area contributed by atoms with Gasteiger partial charge in [-0.1, -0.05) is 35.9 Å². The average molecular weight is 455 g/mol. The van der Waals surface area contributed by atoms with Crippen LogP contribution in [0.15, 0.2) is 48.5 Å². The van der Waals surface area contributed by atoms with E-state index in [2.05, 4.69) is 27.7 Å². The number of nitrogens with zero attached hydrogens (tertiary/aromatic N) is 2. The summed E-state index contributed by atoms with van der Waals surface area (Å²) in [6.07, 6.45) is 3.86. The van der Waals surface area contributed by atoms with Gasteiger partial charge in [-0.25, -0.2) is 9.37 Å². The van der Waals surface area contributed by atoms with Gasteiger partial charge in [0.05, 0.1) is 11.9 Å². The molecule has 0 atom stereocenters. The van der Waals surface area contributed by atoms with Gasteiger partial charge in [0.15, 0.2) is 0 Å². The number of fused-ring (bicyclic) bond motifs is 1. The third-order valence-electron chi connectivity index (χ3n) is 5.99. The highest BCUT2D eigenvalue weighted by Crippen LogP contribution is 2.29. The summed E-state index contributed by atoms with van der Waals surface area (Å²) in [4.78, 5) is 19.3. The number of carbonyl (C=O) groups is 1. The molecule has 3 aromatic rings. The molecular weight excluding hydrogens is 427 g/mol. The van der Waals surface area contributed by atoms with Gasteiger partial charge in [-0.2, -0.15) is 0 Å². The van der Waals surface area contributed by atoms with Crippen molar-refractivity contribution in [2.45, 2.75) is 44.2 Å². The highest BCUT2D eigenvalue weighted by molar-refractivity contribution is 6.31. The van der Waals surface area contributed by atoms with E-state index < -0.39 is 5.82 Å². The molecule has 0 saturated heterocycles. The van der Waals surface area contributed by atoms with E-state index in [0.717, 1.165) is 48.1 Å². The quantitative estimate of drug-likeness (QED) is 0.539. The zero-order chi connectivity index (χ0) is 22.7. The van der Waals surface area contributed by atoms with Crippen LogP contribution in [-0.2, 0) is 11.2 Å². The van der Waals surface area contributed by atoms with E-state index in [-0.39, 0.29) is 23.4 Å². The Balaban J connectivity index is 1.32. The standard InChI is InChI=1S/C25H28ClFN4O/c1-31(2)23-15-24(30-22-6-4-3-5-20(22)23)28-18-9-11-19(12-10-18)29-25(32)13-16-7-8-17(27)14-21(16)26/h3-8,14-15,18-19H,9-13H2,1-2H3,(H,28,30)(H,29,32)/t18-,19+. The zero-order valence-electron chi connectivity index (χ0n) is 18.4. The lowest BCUT2D eigenvalue weighted by molar-refractivity contribution is -0.121. The first kappa shape index (κ1) is 22.3. The molecule has 168 valence electrons. The summed E-state index contributed by atoms with van der Waals surface area (Å²) < 4.78 is 13.2. The molecule has 1 aliphatic rings. The minimum Gasteiger partial charge on any atom is -0.377 e. The van der Waals surface area contributed by atoms with Gasteiger partial charge in [-0.15, -0.1) is 0 Å². The Morgan fingerprint density at radius 3 is 2.53 bits per heavy atom. The second kappa shape index (κ2) is 9.74. The Morgan fingerprint density at radius 1 is 1.09 bits per heavy atom. The van der Waals surface area contributed by atoms with Crippen molar-refractivity contribution >= 4 is 39.9 Å². The lowest BCUT2D eigenvalue weighted by atomic mass is 9.91. The summed E-state index contributed by atoms with van der Waals surface area (Å²) in [6.45, 7) is 0. The van der Waals surface area contributed by atoms with Gasteiger partial charge >= 0.3 is 0 Å². The lowest BCUT2D eigenvalue weighted by Crippen LogP contribution is -2.40. The normalized spacial score (nSPS) is 18.4. The average Bonchev–Trinajstić information content (AvgIpc) is 2.76. The van der Waals surface area contributed by atoms with Crippen LogP contribution in [0, 0.1) is 5.82 Å². The first-order valence-electron chi connectivity index (χ1n) is 11.0. The first-order valence-corrected chi connectivity index (χ1v) is 11.3.